The van der Waals surface area contributed by atoms with Crippen molar-refractivity contribution in [3.8, 4) is 0 Å². The zero-order valence-corrected chi connectivity index (χ0v) is 29.8. The molecular formula is C37H51NO13. The first-order valence-electron chi connectivity index (χ1n) is 17.9. The first-order chi connectivity index (χ1) is 24.3. The molecular weight excluding hydrogens is 666 g/mol. The molecule has 6 aliphatic rings. The molecule has 5 saturated carbocycles. The highest BCUT2D eigenvalue weighted by Crippen LogP contribution is 2.80. The van der Waals surface area contributed by atoms with Crippen molar-refractivity contribution in [2.75, 3.05) is 48.6 Å². The summed E-state index contributed by atoms with van der Waals surface area (Å²) < 4.78 is 37.7. The normalized spacial score (nSPS) is 46.1. The minimum Gasteiger partial charge on any atom is -0.481 e. The molecule has 14 nitrogen and oxygen atoms in total. The predicted octanol–water partition coefficient (Wildman–Crippen LogP) is 0.883. The molecule has 7 bridgehead atoms. The number of unbranched alkanes of at least 4 members (excludes halogenated alkanes) is 1. The van der Waals surface area contributed by atoms with Crippen LogP contribution in [0, 0.1) is 34.5 Å². The van der Waals surface area contributed by atoms with Gasteiger partial charge in [-0.15, -0.1) is 0 Å². The van der Waals surface area contributed by atoms with Crippen LogP contribution in [0.2, 0.25) is 0 Å². The Morgan fingerprint density at radius 1 is 0.941 bits per heavy atom. The lowest BCUT2D eigenvalue weighted by atomic mass is 9.42. The number of carbonyl (C=O) groups excluding carboxylic acids is 2. The van der Waals surface area contributed by atoms with E-state index in [4.69, 9.17) is 28.4 Å². The number of nitrogens with zero attached hydrogens (tertiary/aromatic N) is 1. The van der Waals surface area contributed by atoms with Crippen LogP contribution in [0.25, 0.3) is 0 Å². The van der Waals surface area contributed by atoms with Crippen LogP contribution in [0.5, 0.6) is 0 Å². The van der Waals surface area contributed by atoms with Gasteiger partial charge in [0.1, 0.15) is 23.9 Å². The zero-order chi connectivity index (χ0) is 36.7. The Hall–Kier alpha value is -2.69. The Labute approximate surface area is 297 Å². The monoisotopic (exact) mass is 717 g/mol. The quantitative estimate of drug-likeness (QED) is 0.166. The topological polar surface area (TPSA) is 191 Å². The van der Waals surface area contributed by atoms with Gasteiger partial charge in [0.05, 0.1) is 30.5 Å². The lowest BCUT2D eigenvalue weighted by Gasteiger charge is -2.70. The average Bonchev–Trinajstić information content (AvgIpc) is 3.49. The van der Waals surface area contributed by atoms with Gasteiger partial charge >= 0.3 is 17.9 Å². The number of piperidine rings is 1. The van der Waals surface area contributed by atoms with Crippen LogP contribution in [0.1, 0.15) is 48.9 Å². The smallest absolute Gasteiger partial charge is 0.338 e. The first-order valence-corrected chi connectivity index (χ1v) is 17.9. The summed E-state index contributed by atoms with van der Waals surface area (Å²) in [5, 5.41) is 46.8. The number of hydrogen-bond donors (Lipinski definition) is 4. The molecule has 1 spiro atoms. The van der Waals surface area contributed by atoms with Crippen molar-refractivity contribution in [2.24, 2.45) is 34.5 Å². The van der Waals surface area contributed by atoms with Crippen molar-refractivity contribution in [3.05, 3.63) is 35.9 Å². The number of carbonyl (C=O) groups is 3. The first kappa shape index (κ1) is 36.7. The highest BCUT2D eigenvalue weighted by Gasteiger charge is 2.92. The minimum absolute atomic E-state index is 0.0148. The van der Waals surface area contributed by atoms with Crippen molar-refractivity contribution in [2.45, 2.75) is 92.4 Å². The second-order valence-electron chi connectivity index (χ2n) is 15.8. The highest BCUT2D eigenvalue weighted by atomic mass is 16.6. The van der Waals surface area contributed by atoms with Crippen LogP contribution in [0.15, 0.2) is 30.3 Å². The van der Waals surface area contributed by atoms with E-state index in [1.807, 2.05) is 7.05 Å². The molecule has 14 heteroatoms. The van der Waals surface area contributed by atoms with E-state index in [2.05, 4.69) is 4.90 Å². The van der Waals surface area contributed by atoms with Crippen LogP contribution in [0.3, 0.4) is 0 Å². The fourth-order valence-corrected chi connectivity index (χ4v) is 12.7. The third-order valence-corrected chi connectivity index (χ3v) is 13.9. The van der Waals surface area contributed by atoms with Gasteiger partial charge in [-0.3, -0.25) is 9.59 Å². The summed E-state index contributed by atoms with van der Waals surface area (Å²) in [6.45, 7) is 0.608. The van der Waals surface area contributed by atoms with Gasteiger partial charge in [0.25, 0.3) is 0 Å². The summed E-state index contributed by atoms with van der Waals surface area (Å²) in [4.78, 5) is 41.3. The van der Waals surface area contributed by atoms with Crippen molar-refractivity contribution in [3.63, 3.8) is 0 Å². The molecule has 282 valence electrons. The van der Waals surface area contributed by atoms with E-state index < -0.39 is 106 Å². The molecule has 15 atom stereocenters. The van der Waals surface area contributed by atoms with Crippen LogP contribution in [-0.2, 0) is 38.0 Å². The summed E-state index contributed by atoms with van der Waals surface area (Å²) in [6, 6.07) is 7.96. The number of benzene rings is 1. The summed E-state index contributed by atoms with van der Waals surface area (Å²) in [7, 11) is 8.08. The van der Waals surface area contributed by atoms with E-state index in [0.717, 1.165) is 0 Å². The molecule has 0 aromatic heterocycles. The van der Waals surface area contributed by atoms with Crippen LogP contribution >= 0.6 is 0 Å². The molecule has 0 amide bonds. The standard InChI is InChI=1S/C37H51NO13/c1-38-17-34(18-46-2)21(39)15-22(47-3)36-20-16-35(45)31(50-33(44)19-11-7-6-8-12-19)25(20)37(30(43)32(35)49-5,26(29(36)38)27(48-4)28(34)36)51-24(42)14-10-9-13-23(40)41/h6-8,11-12,20-22,25-32,39,43,45H,9-10,13-18H2,1-5H3,(H,40,41)/t20-,21-,22+,25-,26+,27+,28-,29?,30+,31-,32+,34+,35-,36+,37-/m1/s1. The van der Waals surface area contributed by atoms with E-state index >= 15 is 0 Å². The molecule has 5 aliphatic carbocycles. The fourth-order valence-electron chi connectivity index (χ4n) is 12.7. The number of rotatable bonds is 13. The maximum Gasteiger partial charge on any atom is 0.338 e. The molecule has 1 aromatic carbocycles. The number of fused-ring (bicyclic) bond motifs is 2. The Morgan fingerprint density at radius 3 is 2.27 bits per heavy atom. The highest BCUT2D eigenvalue weighted by molar-refractivity contribution is 5.89. The van der Waals surface area contributed by atoms with Gasteiger partial charge in [-0.25, -0.2) is 4.79 Å². The molecule has 1 heterocycles. The Balaban J connectivity index is 1.45. The van der Waals surface area contributed by atoms with Crippen molar-refractivity contribution in [1.29, 1.82) is 0 Å². The van der Waals surface area contributed by atoms with Gasteiger partial charge in [0.2, 0.25) is 0 Å². The van der Waals surface area contributed by atoms with Crippen LogP contribution in [-0.4, -0.2) is 146 Å². The Morgan fingerprint density at radius 2 is 1.65 bits per heavy atom. The molecule has 1 unspecified atom stereocenters. The van der Waals surface area contributed by atoms with E-state index in [-0.39, 0.29) is 50.7 Å². The van der Waals surface area contributed by atoms with Crippen LogP contribution < -0.4 is 0 Å². The number of esters is 2. The van der Waals surface area contributed by atoms with Gasteiger partial charge < -0.3 is 53.7 Å². The Bertz CT molecular complexity index is 1510. The molecule has 0 radical (unpaired) electrons. The van der Waals surface area contributed by atoms with Gasteiger partial charge in [-0.1, -0.05) is 18.2 Å². The van der Waals surface area contributed by atoms with E-state index in [0.29, 0.717) is 6.54 Å². The molecule has 51 heavy (non-hydrogen) atoms. The summed E-state index contributed by atoms with van der Waals surface area (Å²) in [5.41, 5.74) is -5.17. The molecule has 1 aliphatic heterocycles. The van der Waals surface area contributed by atoms with Gasteiger partial charge in [0, 0.05) is 88.9 Å². The molecule has 1 saturated heterocycles. The number of aliphatic hydroxyl groups excluding tert-OH is 2. The van der Waals surface area contributed by atoms with Crippen molar-refractivity contribution >= 4 is 17.9 Å². The average molecular weight is 718 g/mol. The number of ether oxygens (including phenoxy) is 6. The largest absolute Gasteiger partial charge is 0.481 e. The number of aliphatic hydroxyl groups is 3. The number of carboxylic acid groups (broad SMARTS) is 1. The number of likely N-dealkylation sites (tertiary alicyclic amines) is 1. The summed E-state index contributed by atoms with van der Waals surface area (Å²) in [6.07, 6.45) is -5.82. The molecule has 7 rings (SSSR count). The fraction of sp³-hybridized carbons (Fsp3) is 0.757. The zero-order valence-electron chi connectivity index (χ0n) is 29.8. The van der Waals surface area contributed by atoms with Crippen molar-refractivity contribution < 1.29 is 63.2 Å². The Kier molecular flexibility index (Phi) is 9.35. The van der Waals surface area contributed by atoms with Gasteiger partial charge in [0.15, 0.2) is 5.60 Å². The maximum absolute atomic E-state index is 14.1. The lowest BCUT2D eigenvalue weighted by Crippen LogP contribution is -2.81. The third-order valence-electron chi connectivity index (χ3n) is 13.9. The van der Waals surface area contributed by atoms with Gasteiger partial charge in [-0.2, -0.15) is 0 Å². The SMILES string of the molecule is COC[C@]12CN(C)C3[C@@H]4[C@H](OC)[C@H]1[C@@]3([C@@H](OC)C[C@H]2O)[C@@H]1C[C@@]2(O)[C@H](OC(=O)c3ccccc3)[C@@H]1[C@]4(OC(=O)CCCCC(=O)O)[C@@H](O)[C@@H]2OC. The molecule has 6 fully saturated rings. The van der Waals surface area contributed by atoms with Crippen molar-refractivity contribution in [1.82, 2.24) is 4.90 Å². The summed E-state index contributed by atoms with van der Waals surface area (Å²) in [5.74, 6) is -5.07. The second kappa shape index (κ2) is 13.0. The van der Waals surface area contributed by atoms with E-state index in [9.17, 15) is 34.8 Å². The number of hydrogen-bond acceptors (Lipinski definition) is 13. The maximum atomic E-state index is 14.1. The minimum atomic E-state index is -1.90. The lowest BCUT2D eigenvalue weighted by molar-refractivity contribution is -0.321. The third kappa shape index (κ3) is 4.73. The number of methoxy groups -OCH3 is 4. The van der Waals surface area contributed by atoms with Gasteiger partial charge in [-0.05, 0) is 44.4 Å². The predicted molar refractivity (Wildman–Crippen MR) is 176 cm³/mol. The second-order valence-corrected chi connectivity index (χ2v) is 15.8. The van der Waals surface area contributed by atoms with Crippen LogP contribution in [0.4, 0.5) is 0 Å². The molecule has 4 N–H and O–H groups in total. The number of aliphatic carboxylic acids is 1. The number of carboxylic acids is 1. The molecule has 1 aromatic rings. The van der Waals surface area contributed by atoms with E-state index in [1.165, 1.54) is 7.11 Å². The van der Waals surface area contributed by atoms with E-state index in [1.54, 1.807) is 51.7 Å². The summed E-state index contributed by atoms with van der Waals surface area (Å²) >= 11 is 0.